The molecule has 3 heteroatoms. The minimum Gasteiger partial charge on any atom is -0.378 e. The topological polar surface area (TPSA) is 15.7 Å². The Hall–Kier alpha value is -1.84. The number of hydrogen-bond acceptors (Lipinski definition) is 3. The number of likely N-dealkylation sites (tertiary alicyclic amines) is 1. The Morgan fingerprint density at radius 2 is 1.50 bits per heavy atom. The average Bonchev–Trinajstić information content (AvgIpc) is 3.19. The van der Waals surface area contributed by atoms with Crippen molar-refractivity contribution < 1.29 is 4.74 Å². The molecule has 1 unspecified atom stereocenters. The van der Waals surface area contributed by atoms with E-state index >= 15 is 0 Å². The van der Waals surface area contributed by atoms with Gasteiger partial charge in [-0.25, -0.2) is 0 Å². The van der Waals surface area contributed by atoms with Gasteiger partial charge in [0.05, 0.1) is 6.61 Å². The Balaban J connectivity index is 1.84. The van der Waals surface area contributed by atoms with Gasteiger partial charge >= 0.3 is 0 Å². The minimum absolute atomic E-state index is 0.277. The maximum absolute atomic E-state index is 6.13. The van der Waals surface area contributed by atoms with Crippen LogP contribution in [-0.4, -0.2) is 37.4 Å². The lowest BCUT2D eigenvalue weighted by Crippen LogP contribution is -2.50. The number of anilines is 1. The third-order valence-electron chi connectivity index (χ3n) is 4.92. The summed E-state index contributed by atoms with van der Waals surface area (Å²) in [5, 5.41) is 0. The number of nitrogens with zero attached hydrogens (tertiary/aromatic N) is 2. The summed E-state index contributed by atoms with van der Waals surface area (Å²) >= 11 is 0. The van der Waals surface area contributed by atoms with E-state index in [4.69, 9.17) is 4.74 Å². The summed E-state index contributed by atoms with van der Waals surface area (Å²) in [5.41, 5.74) is 2.60. The van der Waals surface area contributed by atoms with Gasteiger partial charge in [0.15, 0.2) is 0 Å². The second kappa shape index (κ2) is 9.75. The molecule has 26 heavy (non-hydrogen) atoms. The first-order chi connectivity index (χ1) is 12.7. The van der Waals surface area contributed by atoms with Crippen LogP contribution in [0.1, 0.15) is 32.3 Å². The number of benzene rings is 2. The van der Waals surface area contributed by atoms with Crippen molar-refractivity contribution in [3.63, 3.8) is 0 Å². The standard InChI is InChI=1S/C23H32N2O/c1-20(2)18-26-19-23(24-15-9-10-16-24)25(22-13-7-4-8-14-22)17-21-11-5-3-6-12-21/h3-8,11-14,20,23H,9-10,15-19H2,1-2H3. The molecule has 1 aliphatic rings. The van der Waals surface area contributed by atoms with E-state index in [-0.39, 0.29) is 6.17 Å². The van der Waals surface area contributed by atoms with E-state index in [0.717, 1.165) is 32.8 Å². The van der Waals surface area contributed by atoms with Crippen molar-refractivity contribution in [2.24, 2.45) is 5.92 Å². The van der Waals surface area contributed by atoms with Gasteiger partial charge in [0.2, 0.25) is 0 Å². The molecule has 1 aliphatic heterocycles. The zero-order valence-electron chi connectivity index (χ0n) is 16.2. The van der Waals surface area contributed by atoms with Gasteiger partial charge < -0.3 is 9.64 Å². The predicted molar refractivity (Wildman–Crippen MR) is 109 cm³/mol. The number of rotatable bonds is 9. The van der Waals surface area contributed by atoms with Gasteiger partial charge in [-0.2, -0.15) is 0 Å². The van der Waals surface area contributed by atoms with Gasteiger partial charge in [0.25, 0.3) is 0 Å². The molecule has 0 N–H and O–H groups in total. The molecule has 0 amide bonds. The lowest BCUT2D eigenvalue weighted by molar-refractivity contribution is 0.0525. The number of ether oxygens (including phenoxy) is 1. The van der Waals surface area contributed by atoms with Crippen LogP contribution in [0.25, 0.3) is 0 Å². The summed E-state index contributed by atoms with van der Waals surface area (Å²) in [7, 11) is 0. The van der Waals surface area contributed by atoms with Crippen LogP contribution in [0.4, 0.5) is 5.69 Å². The zero-order chi connectivity index (χ0) is 18.2. The van der Waals surface area contributed by atoms with E-state index in [0.29, 0.717) is 5.92 Å². The molecule has 0 aliphatic carbocycles. The Morgan fingerprint density at radius 1 is 0.885 bits per heavy atom. The second-order valence-electron chi connectivity index (χ2n) is 7.60. The van der Waals surface area contributed by atoms with E-state index in [1.54, 1.807) is 0 Å². The van der Waals surface area contributed by atoms with Crippen molar-refractivity contribution in [2.45, 2.75) is 39.4 Å². The van der Waals surface area contributed by atoms with Gasteiger partial charge in [-0.05, 0) is 36.5 Å². The van der Waals surface area contributed by atoms with E-state index in [1.807, 2.05) is 0 Å². The molecule has 1 saturated heterocycles. The van der Waals surface area contributed by atoms with Crippen LogP contribution in [0.15, 0.2) is 60.7 Å². The van der Waals surface area contributed by atoms with Crippen molar-refractivity contribution in [3.8, 4) is 0 Å². The highest BCUT2D eigenvalue weighted by molar-refractivity contribution is 5.47. The van der Waals surface area contributed by atoms with Crippen LogP contribution >= 0.6 is 0 Å². The van der Waals surface area contributed by atoms with Crippen LogP contribution in [0.3, 0.4) is 0 Å². The maximum atomic E-state index is 6.13. The molecule has 1 fully saturated rings. The SMILES string of the molecule is CC(C)COCC(N1CCCC1)N(Cc1ccccc1)c1ccccc1. The van der Waals surface area contributed by atoms with E-state index < -0.39 is 0 Å². The molecule has 1 heterocycles. The molecule has 2 aromatic carbocycles. The normalized spacial score (nSPS) is 16.1. The average molecular weight is 353 g/mol. The van der Waals surface area contributed by atoms with Crippen molar-refractivity contribution in [1.82, 2.24) is 4.90 Å². The molecule has 1 atom stereocenters. The fourth-order valence-electron chi connectivity index (χ4n) is 3.61. The monoisotopic (exact) mass is 352 g/mol. The van der Waals surface area contributed by atoms with Crippen molar-refractivity contribution in [3.05, 3.63) is 66.2 Å². The summed E-state index contributed by atoms with van der Waals surface area (Å²) in [4.78, 5) is 5.11. The molecular formula is C23H32N2O. The van der Waals surface area contributed by atoms with Gasteiger partial charge in [-0.15, -0.1) is 0 Å². The van der Waals surface area contributed by atoms with Crippen molar-refractivity contribution in [2.75, 3.05) is 31.2 Å². The smallest absolute Gasteiger partial charge is 0.106 e. The first kappa shape index (κ1) is 18.9. The zero-order valence-corrected chi connectivity index (χ0v) is 16.2. The minimum atomic E-state index is 0.277. The third kappa shape index (κ3) is 5.33. The molecule has 0 saturated carbocycles. The maximum Gasteiger partial charge on any atom is 0.106 e. The molecular weight excluding hydrogens is 320 g/mol. The van der Waals surface area contributed by atoms with E-state index in [1.165, 1.54) is 24.1 Å². The third-order valence-corrected chi connectivity index (χ3v) is 4.92. The lowest BCUT2D eigenvalue weighted by Gasteiger charge is -2.39. The number of para-hydroxylation sites is 1. The largest absolute Gasteiger partial charge is 0.378 e. The van der Waals surface area contributed by atoms with Gasteiger partial charge in [-0.3, -0.25) is 4.90 Å². The number of hydrogen-bond donors (Lipinski definition) is 0. The quantitative estimate of drug-likeness (QED) is 0.645. The Kier molecular flexibility index (Phi) is 7.10. The van der Waals surface area contributed by atoms with Crippen LogP contribution in [-0.2, 0) is 11.3 Å². The summed E-state index contributed by atoms with van der Waals surface area (Å²) in [6.45, 7) is 9.21. The summed E-state index contributed by atoms with van der Waals surface area (Å²) in [5.74, 6) is 0.563. The lowest BCUT2D eigenvalue weighted by atomic mass is 10.1. The summed E-state index contributed by atoms with van der Waals surface area (Å²) in [6, 6.07) is 21.5. The van der Waals surface area contributed by atoms with Crippen LogP contribution < -0.4 is 4.90 Å². The molecule has 3 rings (SSSR count). The highest BCUT2D eigenvalue weighted by Gasteiger charge is 2.28. The fraction of sp³-hybridized carbons (Fsp3) is 0.478. The predicted octanol–water partition coefficient (Wildman–Crippen LogP) is 4.79. The molecule has 0 aromatic heterocycles. The molecule has 0 bridgehead atoms. The molecule has 2 aromatic rings. The summed E-state index contributed by atoms with van der Waals surface area (Å²) < 4.78 is 6.13. The Labute approximate surface area is 158 Å². The van der Waals surface area contributed by atoms with Crippen molar-refractivity contribution >= 4 is 5.69 Å². The van der Waals surface area contributed by atoms with Gasteiger partial charge in [-0.1, -0.05) is 62.4 Å². The molecule has 0 spiro atoms. The van der Waals surface area contributed by atoms with Gasteiger partial charge in [0, 0.05) is 31.9 Å². The Morgan fingerprint density at radius 3 is 2.12 bits per heavy atom. The van der Waals surface area contributed by atoms with E-state index in [9.17, 15) is 0 Å². The van der Waals surface area contributed by atoms with Crippen LogP contribution in [0, 0.1) is 5.92 Å². The summed E-state index contributed by atoms with van der Waals surface area (Å²) in [6.07, 6.45) is 2.85. The van der Waals surface area contributed by atoms with E-state index in [2.05, 4.69) is 84.3 Å². The first-order valence-corrected chi connectivity index (χ1v) is 9.91. The second-order valence-corrected chi connectivity index (χ2v) is 7.60. The van der Waals surface area contributed by atoms with Gasteiger partial charge in [0.1, 0.15) is 6.17 Å². The highest BCUT2D eigenvalue weighted by Crippen LogP contribution is 2.24. The highest BCUT2D eigenvalue weighted by atomic mass is 16.5. The Bertz CT molecular complexity index is 623. The van der Waals surface area contributed by atoms with Crippen LogP contribution in [0.2, 0.25) is 0 Å². The molecule has 3 nitrogen and oxygen atoms in total. The first-order valence-electron chi connectivity index (χ1n) is 9.91. The van der Waals surface area contributed by atoms with Crippen molar-refractivity contribution in [1.29, 1.82) is 0 Å². The fourth-order valence-corrected chi connectivity index (χ4v) is 3.61. The molecule has 140 valence electrons. The van der Waals surface area contributed by atoms with Crippen LogP contribution in [0.5, 0.6) is 0 Å². The molecule has 0 radical (unpaired) electrons.